The molecule has 1 aliphatic rings. The maximum atomic E-state index is 12.7. The van der Waals surface area contributed by atoms with Gasteiger partial charge in [0.1, 0.15) is 18.1 Å². The van der Waals surface area contributed by atoms with Crippen LogP contribution in [0.5, 0.6) is 5.75 Å². The summed E-state index contributed by atoms with van der Waals surface area (Å²) in [5, 5.41) is 7.16. The molecule has 0 spiro atoms. The highest BCUT2D eigenvalue weighted by Crippen LogP contribution is 2.33. The summed E-state index contributed by atoms with van der Waals surface area (Å²) in [7, 11) is 0. The molecule has 1 atom stereocenters. The molecular formula is C22H22N4O3. The summed E-state index contributed by atoms with van der Waals surface area (Å²) in [6.07, 6.45) is 1.01. The number of rotatable bonds is 5. The van der Waals surface area contributed by atoms with Gasteiger partial charge in [0, 0.05) is 6.07 Å². The molecule has 1 aliphatic heterocycles. The van der Waals surface area contributed by atoms with Crippen molar-refractivity contribution in [2.45, 2.75) is 26.5 Å². The molecule has 0 radical (unpaired) electrons. The molecule has 2 amide bonds. The van der Waals surface area contributed by atoms with E-state index in [1.807, 2.05) is 43.3 Å². The number of fused-ring (bicyclic) bond motifs is 1. The molecule has 2 aromatic carbocycles. The van der Waals surface area contributed by atoms with Gasteiger partial charge in [0.05, 0.1) is 18.4 Å². The summed E-state index contributed by atoms with van der Waals surface area (Å²) in [6, 6.07) is 17.1. The molecule has 0 aliphatic carbocycles. The highest BCUT2D eigenvalue weighted by molar-refractivity contribution is 6.05. The van der Waals surface area contributed by atoms with Crippen molar-refractivity contribution in [3.05, 3.63) is 71.9 Å². The predicted molar refractivity (Wildman–Crippen MR) is 110 cm³/mol. The van der Waals surface area contributed by atoms with Crippen LogP contribution in [0, 0.1) is 6.92 Å². The SMILES string of the molecule is Cc1ccc(Cn2nccc2NC(=O)CN2C(=O)C(C)Oc3ccccc32)cc1. The number of carbonyl (C=O) groups excluding carboxylic acids is 2. The molecule has 29 heavy (non-hydrogen) atoms. The van der Waals surface area contributed by atoms with Crippen molar-refractivity contribution >= 4 is 23.3 Å². The summed E-state index contributed by atoms with van der Waals surface area (Å²) in [4.78, 5) is 26.7. The number of amides is 2. The van der Waals surface area contributed by atoms with E-state index in [-0.39, 0.29) is 18.4 Å². The lowest BCUT2D eigenvalue weighted by atomic mass is 10.1. The fourth-order valence-electron chi connectivity index (χ4n) is 3.28. The van der Waals surface area contributed by atoms with Crippen LogP contribution < -0.4 is 15.0 Å². The Morgan fingerprint density at radius 3 is 2.69 bits per heavy atom. The fraction of sp³-hybridized carbons (Fsp3) is 0.227. The molecule has 148 valence electrons. The van der Waals surface area contributed by atoms with Crippen molar-refractivity contribution in [2.75, 3.05) is 16.8 Å². The maximum Gasteiger partial charge on any atom is 0.268 e. The Bertz CT molecular complexity index is 1040. The van der Waals surface area contributed by atoms with Crippen molar-refractivity contribution in [2.24, 2.45) is 0 Å². The van der Waals surface area contributed by atoms with Crippen molar-refractivity contribution in [3.63, 3.8) is 0 Å². The molecule has 0 bridgehead atoms. The number of aryl methyl sites for hydroxylation is 1. The number of benzene rings is 2. The Labute approximate surface area is 168 Å². The van der Waals surface area contributed by atoms with Crippen LogP contribution in [0.4, 0.5) is 11.5 Å². The van der Waals surface area contributed by atoms with E-state index < -0.39 is 6.10 Å². The smallest absolute Gasteiger partial charge is 0.268 e. The average Bonchev–Trinajstić information content (AvgIpc) is 3.13. The fourth-order valence-corrected chi connectivity index (χ4v) is 3.28. The first-order valence-electron chi connectivity index (χ1n) is 9.45. The maximum absolute atomic E-state index is 12.7. The quantitative estimate of drug-likeness (QED) is 0.727. The molecule has 2 heterocycles. The largest absolute Gasteiger partial charge is 0.479 e. The highest BCUT2D eigenvalue weighted by atomic mass is 16.5. The molecular weight excluding hydrogens is 368 g/mol. The topological polar surface area (TPSA) is 76.5 Å². The third-order valence-electron chi connectivity index (χ3n) is 4.81. The Hall–Kier alpha value is -3.61. The van der Waals surface area contributed by atoms with Crippen molar-refractivity contribution in [1.29, 1.82) is 0 Å². The number of para-hydroxylation sites is 2. The molecule has 0 saturated heterocycles. The van der Waals surface area contributed by atoms with Gasteiger partial charge in [-0.2, -0.15) is 5.10 Å². The lowest BCUT2D eigenvalue weighted by molar-refractivity contribution is -0.127. The van der Waals surface area contributed by atoms with Gasteiger partial charge in [-0.05, 0) is 31.5 Å². The first-order valence-corrected chi connectivity index (χ1v) is 9.45. The van der Waals surface area contributed by atoms with Crippen LogP contribution in [0.25, 0.3) is 0 Å². The zero-order chi connectivity index (χ0) is 20.4. The molecule has 0 fully saturated rings. The van der Waals surface area contributed by atoms with Crippen LogP contribution in [0.3, 0.4) is 0 Å². The molecule has 1 aromatic heterocycles. The van der Waals surface area contributed by atoms with Crippen molar-refractivity contribution < 1.29 is 14.3 Å². The van der Waals surface area contributed by atoms with E-state index in [0.29, 0.717) is 23.8 Å². The minimum absolute atomic E-state index is 0.0980. The molecule has 4 rings (SSSR count). The summed E-state index contributed by atoms with van der Waals surface area (Å²) >= 11 is 0. The van der Waals surface area contributed by atoms with Gasteiger partial charge < -0.3 is 10.1 Å². The van der Waals surface area contributed by atoms with E-state index in [1.54, 1.807) is 36.0 Å². The first kappa shape index (κ1) is 18.7. The van der Waals surface area contributed by atoms with Crippen LogP contribution >= 0.6 is 0 Å². The molecule has 7 nitrogen and oxygen atoms in total. The Balaban J connectivity index is 1.48. The number of nitrogens with zero attached hydrogens (tertiary/aromatic N) is 3. The third kappa shape index (κ3) is 3.99. The number of hydrogen-bond donors (Lipinski definition) is 1. The first-order chi connectivity index (χ1) is 14.0. The Morgan fingerprint density at radius 1 is 1.14 bits per heavy atom. The lowest BCUT2D eigenvalue weighted by Crippen LogP contribution is -2.47. The molecule has 7 heteroatoms. The lowest BCUT2D eigenvalue weighted by Gasteiger charge is -2.32. The summed E-state index contributed by atoms with van der Waals surface area (Å²) in [6.45, 7) is 4.16. The summed E-state index contributed by atoms with van der Waals surface area (Å²) < 4.78 is 7.34. The summed E-state index contributed by atoms with van der Waals surface area (Å²) in [5.41, 5.74) is 2.87. The van der Waals surface area contributed by atoms with Gasteiger partial charge in [0.15, 0.2) is 6.10 Å². The third-order valence-corrected chi connectivity index (χ3v) is 4.81. The van der Waals surface area contributed by atoms with Gasteiger partial charge in [-0.25, -0.2) is 4.68 Å². The molecule has 3 aromatic rings. The van der Waals surface area contributed by atoms with Gasteiger partial charge >= 0.3 is 0 Å². The minimum Gasteiger partial charge on any atom is -0.479 e. The second-order valence-corrected chi connectivity index (χ2v) is 7.06. The van der Waals surface area contributed by atoms with E-state index in [4.69, 9.17) is 4.74 Å². The monoisotopic (exact) mass is 390 g/mol. The highest BCUT2D eigenvalue weighted by Gasteiger charge is 2.32. The van der Waals surface area contributed by atoms with E-state index >= 15 is 0 Å². The molecule has 1 N–H and O–H groups in total. The zero-order valence-corrected chi connectivity index (χ0v) is 16.3. The van der Waals surface area contributed by atoms with E-state index in [2.05, 4.69) is 10.4 Å². The van der Waals surface area contributed by atoms with Crippen LogP contribution in [0.2, 0.25) is 0 Å². The van der Waals surface area contributed by atoms with Crippen LogP contribution in [0.1, 0.15) is 18.1 Å². The van der Waals surface area contributed by atoms with E-state index in [9.17, 15) is 9.59 Å². The number of hydrogen-bond acceptors (Lipinski definition) is 4. The van der Waals surface area contributed by atoms with Gasteiger partial charge in [-0.3, -0.25) is 14.5 Å². The van der Waals surface area contributed by atoms with Gasteiger partial charge in [0.25, 0.3) is 5.91 Å². The van der Waals surface area contributed by atoms with Gasteiger partial charge in [-0.15, -0.1) is 0 Å². The second kappa shape index (κ2) is 7.79. The van der Waals surface area contributed by atoms with Crippen LogP contribution in [-0.4, -0.2) is 34.2 Å². The van der Waals surface area contributed by atoms with E-state index in [1.165, 1.54) is 10.5 Å². The number of carbonyl (C=O) groups is 2. The Morgan fingerprint density at radius 2 is 1.90 bits per heavy atom. The van der Waals surface area contributed by atoms with Gasteiger partial charge in [-0.1, -0.05) is 42.0 Å². The minimum atomic E-state index is -0.634. The number of anilines is 2. The Kier molecular flexibility index (Phi) is 5.03. The van der Waals surface area contributed by atoms with Crippen LogP contribution in [0.15, 0.2) is 60.8 Å². The van der Waals surface area contributed by atoms with Crippen LogP contribution in [-0.2, 0) is 16.1 Å². The summed E-state index contributed by atoms with van der Waals surface area (Å²) in [5.74, 6) is 0.634. The molecule has 0 saturated carbocycles. The predicted octanol–water partition coefficient (Wildman–Crippen LogP) is 2.99. The zero-order valence-electron chi connectivity index (χ0n) is 16.3. The molecule has 1 unspecified atom stereocenters. The van der Waals surface area contributed by atoms with Crippen molar-refractivity contribution in [1.82, 2.24) is 9.78 Å². The second-order valence-electron chi connectivity index (χ2n) is 7.06. The van der Waals surface area contributed by atoms with Crippen molar-refractivity contribution in [3.8, 4) is 5.75 Å². The number of ether oxygens (including phenoxy) is 1. The van der Waals surface area contributed by atoms with Gasteiger partial charge in [0.2, 0.25) is 5.91 Å². The van der Waals surface area contributed by atoms with E-state index in [0.717, 1.165) is 5.56 Å². The normalized spacial score (nSPS) is 15.6. The number of aromatic nitrogens is 2. The number of nitrogens with one attached hydrogen (secondary N) is 1. The standard InChI is InChI=1S/C22H22N4O3/c1-15-7-9-17(10-8-15)13-26-20(11-12-23-26)24-21(27)14-25-18-5-3-4-6-19(18)29-16(2)22(25)28/h3-12,16H,13-14H2,1-2H3,(H,24,27). The average molecular weight is 390 g/mol.